The van der Waals surface area contributed by atoms with Crippen molar-refractivity contribution in [1.29, 1.82) is 0 Å². The highest BCUT2D eigenvalue weighted by molar-refractivity contribution is 5.96. The molecule has 3 nitrogen and oxygen atoms in total. The lowest BCUT2D eigenvalue weighted by Gasteiger charge is -2.31. The van der Waals surface area contributed by atoms with Gasteiger partial charge in [0.05, 0.1) is 6.04 Å². The van der Waals surface area contributed by atoms with E-state index in [1.54, 1.807) is 0 Å². The minimum Gasteiger partial charge on any atom is -0.372 e. The molecule has 3 heteroatoms. The summed E-state index contributed by atoms with van der Waals surface area (Å²) in [5.74, 6) is 0.0563. The van der Waals surface area contributed by atoms with Gasteiger partial charge in [0.2, 0.25) is 0 Å². The fourth-order valence-electron chi connectivity index (χ4n) is 4.42. The van der Waals surface area contributed by atoms with E-state index in [0.29, 0.717) is 0 Å². The Morgan fingerprint density at radius 1 is 1.10 bits per heavy atom. The molecule has 1 atom stereocenters. The number of hydrogen-bond acceptors (Lipinski definition) is 2. The Balaban J connectivity index is 1.91. The van der Waals surface area contributed by atoms with Crippen LogP contribution in [0.4, 0.5) is 5.69 Å². The number of amides is 1. The van der Waals surface area contributed by atoms with Crippen LogP contribution in [0.25, 0.3) is 0 Å². The molecule has 164 valence electrons. The van der Waals surface area contributed by atoms with Crippen molar-refractivity contribution in [3.8, 4) is 0 Å². The molecule has 0 bridgehead atoms. The van der Waals surface area contributed by atoms with E-state index in [9.17, 15) is 4.79 Å². The highest BCUT2D eigenvalue weighted by atomic mass is 16.2. The van der Waals surface area contributed by atoms with E-state index in [4.69, 9.17) is 0 Å². The molecular weight excluding hydrogens is 380 g/mol. The fourth-order valence-corrected chi connectivity index (χ4v) is 4.42. The Morgan fingerprint density at radius 2 is 1.81 bits per heavy atom. The van der Waals surface area contributed by atoms with E-state index < -0.39 is 0 Å². The number of likely N-dealkylation sites (N-methyl/N-ethyl adjacent to an activating group) is 1. The molecule has 1 aliphatic rings. The van der Waals surface area contributed by atoms with E-state index in [2.05, 4.69) is 61.2 Å². The van der Waals surface area contributed by atoms with Crippen molar-refractivity contribution in [1.82, 2.24) is 4.90 Å². The molecule has 2 aromatic carbocycles. The maximum Gasteiger partial charge on any atom is 0.254 e. The SMILES string of the molecule is C/C=C(\C=C/CC)C(c1ccccc1)N(C)C(=O)c1ccc(N2CCCCC2)cc1C. The third-order valence-corrected chi connectivity index (χ3v) is 6.18. The number of benzene rings is 2. The van der Waals surface area contributed by atoms with Crippen molar-refractivity contribution in [2.24, 2.45) is 0 Å². The van der Waals surface area contributed by atoms with E-state index >= 15 is 0 Å². The predicted octanol–water partition coefficient (Wildman–Crippen LogP) is 6.71. The molecule has 0 saturated carbocycles. The molecule has 0 aliphatic carbocycles. The molecule has 0 spiro atoms. The first-order valence-electron chi connectivity index (χ1n) is 11.6. The van der Waals surface area contributed by atoms with Crippen LogP contribution in [-0.4, -0.2) is 30.9 Å². The lowest BCUT2D eigenvalue weighted by molar-refractivity contribution is 0.0754. The Bertz CT molecular complexity index is 923. The zero-order valence-corrected chi connectivity index (χ0v) is 19.5. The van der Waals surface area contributed by atoms with Crippen LogP contribution in [0.3, 0.4) is 0 Å². The first kappa shape index (κ1) is 22.9. The number of hydrogen-bond donors (Lipinski definition) is 0. The molecule has 1 unspecified atom stereocenters. The molecule has 1 aliphatic heterocycles. The highest BCUT2D eigenvalue weighted by Gasteiger charge is 2.26. The average Bonchev–Trinajstić information content (AvgIpc) is 2.82. The normalized spacial score (nSPS) is 15.9. The average molecular weight is 417 g/mol. The van der Waals surface area contributed by atoms with E-state index in [-0.39, 0.29) is 11.9 Å². The predicted molar refractivity (Wildman–Crippen MR) is 132 cm³/mol. The van der Waals surface area contributed by atoms with Gasteiger partial charge in [0.25, 0.3) is 5.91 Å². The van der Waals surface area contributed by atoms with Crippen LogP contribution in [0.1, 0.15) is 67.1 Å². The second-order valence-electron chi connectivity index (χ2n) is 8.38. The summed E-state index contributed by atoms with van der Waals surface area (Å²) in [6.45, 7) is 8.44. The second kappa shape index (κ2) is 11.0. The van der Waals surface area contributed by atoms with Gasteiger partial charge in [-0.3, -0.25) is 4.79 Å². The topological polar surface area (TPSA) is 23.6 Å². The number of allylic oxidation sites excluding steroid dienone is 2. The van der Waals surface area contributed by atoms with Crippen molar-refractivity contribution < 1.29 is 4.79 Å². The van der Waals surface area contributed by atoms with Gasteiger partial charge < -0.3 is 9.80 Å². The van der Waals surface area contributed by atoms with Crippen LogP contribution in [0.5, 0.6) is 0 Å². The largest absolute Gasteiger partial charge is 0.372 e. The molecule has 0 aromatic heterocycles. The number of carbonyl (C=O) groups is 1. The molecule has 1 fully saturated rings. The summed E-state index contributed by atoms with van der Waals surface area (Å²) < 4.78 is 0. The fraction of sp³-hybridized carbons (Fsp3) is 0.393. The van der Waals surface area contributed by atoms with Gasteiger partial charge in [-0.2, -0.15) is 0 Å². The third kappa shape index (κ3) is 5.46. The van der Waals surface area contributed by atoms with Crippen LogP contribution in [0, 0.1) is 6.92 Å². The van der Waals surface area contributed by atoms with Gasteiger partial charge in [0, 0.05) is 31.4 Å². The molecule has 0 radical (unpaired) electrons. The molecule has 3 rings (SSSR count). The molecule has 1 amide bonds. The molecule has 1 heterocycles. The van der Waals surface area contributed by atoms with Crippen LogP contribution in [0.15, 0.2) is 72.3 Å². The zero-order chi connectivity index (χ0) is 22.2. The maximum absolute atomic E-state index is 13.6. The highest BCUT2D eigenvalue weighted by Crippen LogP contribution is 2.31. The third-order valence-electron chi connectivity index (χ3n) is 6.18. The Hall–Kier alpha value is -2.81. The van der Waals surface area contributed by atoms with Gasteiger partial charge in [0.15, 0.2) is 0 Å². The molecule has 31 heavy (non-hydrogen) atoms. The van der Waals surface area contributed by atoms with Crippen LogP contribution < -0.4 is 4.90 Å². The van der Waals surface area contributed by atoms with Gasteiger partial charge in [-0.05, 0) is 74.4 Å². The summed E-state index contributed by atoms with van der Waals surface area (Å²) in [6.07, 6.45) is 11.2. The van der Waals surface area contributed by atoms with Crippen molar-refractivity contribution >= 4 is 11.6 Å². The first-order chi connectivity index (χ1) is 15.1. The van der Waals surface area contributed by atoms with Crippen molar-refractivity contribution in [2.75, 3.05) is 25.0 Å². The molecular formula is C28H36N2O. The number of nitrogens with zero attached hydrogens (tertiary/aromatic N) is 2. The van der Waals surface area contributed by atoms with Gasteiger partial charge in [-0.1, -0.05) is 55.5 Å². The lowest BCUT2D eigenvalue weighted by Crippen LogP contribution is -2.33. The minimum absolute atomic E-state index is 0.0563. The van der Waals surface area contributed by atoms with Crippen LogP contribution in [-0.2, 0) is 0 Å². The summed E-state index contributed by atoms with van der Waals surface area (Å²) >= 11 is 0. The van der Waals surface area contributed by atoms with Gasteiger partial charge in [0.1, 0.15) is 0 Å². The zero-order valence-electron chi connectivity index (χ0n) is 19.5. The van der Waals surface area contributed by atoms with E-state index in [1.807, 2.05) is 43.1 Å². The summed E-state index contributed by atoms with van der Waals surface area (Å²) in [5, 5.41) is 0. The quantitative estimate of drug-likeness (QED) is 0.468. The number of aryl methyl sites for hydroxylation is 1. The summed E-state index contributed by atoms with van der Waals surface area (Å²) in [6, 6.07) is 16.5. The van der Waals surface area contributed by atoms with Crippen molar-refractivity contribution in [2.45, 2.75) is 52.5 Å². The van der Waals surface area contributed by atoms with Crippen molar-refractivity contribution in [3.63, 3.8) is 0 Å². The second-order valence-corrected chi connectivity index (χ2v) is 8.38. The smallest absolute Gasteiger partial charge is 0.254 e. The van der Waals surface area contributed by atoms with Gasteiger partial charge in [-0.15, -0.1) is 0 Å². The Morgan fingerprint density at radius 3 is 2.42 bits per heavy atom. The first-order valence-corrected chi connectivity index (χ1v) is 11.6. The summed E-state index contributed by atoms with van der Waals surface area (Å²) in [7, 11) is 1.92. The van der Waals surface area contributed by atoms with Gasteiger partial charge >= 0.3 is 0 Å². The monoisotopic (exact) mass is 416 g/mol. The molecule has 1 saturated heterocycles. The van der Waals surface area contributed by atoms with Crippen LogP contribution >= 0.6 is 0 Å². The Kier molecular flexibility index (Phi) is 8.11. The van der Waals surface area contributed by atoms with E-state index in [1.165, 1.54) is 24.9 Å². The number of anilines is 1. The van der Waals surface area contributed by atoms with E-state index in [0.717, 1.165) is 41.8 Å². The number of piperidine rings is 1. The number of carbonyl (C=O) groups excluding carboxylic acids is 1. The molecule has 0 N–H and O–H groups in total. The van der Waals surface area contributed by atoms with Gasteiger partial charge in [-0.25, -0.2) is 0 Å². The lowest BCUT2D eigenvalue weighted by atomic mass is 9.95. The van der Waals surface area contributed by atoms with Crippen molar-refractivity contribution in [3.05, 3.63) is 89.0 Å². The molecule has 2 aromatic rings. The number of rotatable bonds is 7. The summed E-state index contributed by atoms with van der Waals surface area (Å²) in [4.78, 5) is 17.9. The van der Waals surface area contributed by atoms with Crippen LogP contribution in [0.2, 0.25) is 0 Å². The Labute approximate surface area is 188 Å². The maximum atomic E-state index is 13.6. The summed E-state index contributed by atoms with van der Waals surface area (Å²) in [5.41, 5.74) is 5.30. The minimum atomic E-state index is -0.123. The standard InChI is InChI=1S/C28H36N2O/c1-5-7-14-23(6-2)27(24-15-10-8-11-16-24)29(4)28(31)26-18-17-25(21-22(26)3)30-19-12-9-13-20-30/h6-8,10-11,14-18,21,27H,5,9,12-13,19-20H2,1-4H3/b14-7-,23-6+.